The van der Waals surface area contributed by atoms with Crippen LogP contribution in [0.5, 0.6) is 0 Å². The fourth-order valence-corrected chi connectivity index (χ4v) is 0.300. The standard InChI is InChI=1S/C5H13NO2/c1-3-4(2)5(6,7)8/h4,7-8H,3,6H2,1-2H3. The molecule has 0 rings (SSSR count). The Morgan fingerprint density at radius 2 is 2.00 bits per heavy atom. The Kier molecular flexibility index (Phi) is 2.40. The maximum absolute atomic E-state index is 8.62. The van der Waals surface area contributed by atoms with Crippen LogP contribution in [0.15, 0.2) is 0 Å². The summed E-state index contributed by atoms with van der Waals surface area (Å²) in [5.41, 5.74) is 4.90. The third-order valence-corrected chi connectivity index (χ3v) is 1.34. The first-order valence-electron chi connectivity index (χ1n) is 2.72. The van der Waals surface area contributed by atoms with Crippen LogP contribution in [0.1, 0.15) is 20.3 Å². The summed E-state index contributed by atoms with van der Waals surface area (Å²) in [7, 11) is 0. The maximum Gasteiger partial charge on any atom is 0.222 e. The topological polar surface area (TPSA) is 66.5 Å². The van der Waals surface area contributed by atoms with Crippen LogP contribution in [0.3, 0.4) is 0 Å². The molecule has 0 fully saturated rings. The van der Waals surface area contributed by atoms with E-state index in [0.717, 1.165) is 0 Å². The summed E-state index contributed by atoms with van der Waals surface area (Å²) in [6.45, 7) is 3.53. The molecule has 0 aliphatic carbocycles. The largest absolute Gasteiger partial charge is 0.353 e. The Bertz CT molecular complexity index is 67.3. The van der Waals surface area contributed by atoms with E-state index in [2.05, 4.69) is 0 Å². The number of nitrogens with two attached hydrogens (primary N) is 1. The van der Waals surface area contributed by atoms with Crippen LogP contribution < -0.4 is 5.73 Å². The van der Waals surface area contributed by atoms with E-state index in [9.17, 15) is 0 Å². The average Bonchev–Trinajstić information content (AvgIpc) is 1.62. The zero-order valence-corrected chi connectivity index (χ0v) is 5.26. The molecule has 0 radical (unpaired) electrons. The van der Waals surface area contributed by atoms with Gasteiger partial charge in [0.15, 0.2) is 0 Å². The molecular formula is C5H13NO2. The zero-order chi connectivity index (χ0) is 6.78. The lowest BCUT2D eigenvalue weighted by Crippen LogP contribution is -2.45. The van der Waals surface area contributed by atoms with Crippen molar-refractivity contribution >= 4 is 0 Å². The molecule has 0 aliphatic rings. The first kappa shape index (κ1) is 7.88. The van der Waals surface area contributed by atoms with Gasteiger partial charge >= 0.3 is 0 Å². The van der Waals surface area contributed by atoms with Crippen molar-refractivity contribution in [2.45, 2.75) is 26.2 Å². The third kappa shape index (κ3) is 2.26. The number of hydrogen-bond donors (Lipinski definition) is 3. The molecule has 0 aromatic rings. The van der Waals surface area contributed by atoms with Crippen LogP contribution in [-0.4, -0.2) is 16.1 Å². The van der Waals surface area contributed by atoms with Gasteiger partial charge in [-0.3, -0.25) is 5.73 Å². The van der Waals surface area contributed by atoms with Crippen molar-refractivity contribution in [3.05, 3.63) is 0 Å². The van der Waals surface area contributed by atoms with Crippen molar-refractivity contribution in [2.75, 3.05) is 0 Å². The molecule has 0 heterocycles. The normalized spacial score (nSPS) is 16.1. The van der Waals surface area contributed by atoms with Crippen LogP contribution in [0.25, 0.3) is 0 Å². The lowest BCUT2D eigenvalue weighted by Gasteiger charge is -2.21. The predicted octanol–water partition coefficient (Wildman–Crippen LogP) is -0.370. The Hall–Kier alpha value is -0.120. The molecule has 1 unspecified atom stereocenters. The van der Waals surface area contributed by atoms with Crippen LogP contribution in [0, 0.1) is 5.92 Å². The Morgan fingerprint density at radius 3 is 2.00 bits per heavy atom. The molecule has 50 valence electrons. The molecule has 0 aliphatic heterocycles. The first-order chi connectivity index (χ1) is 3.48. The summed E-state index contributed by atoms with van der Waals surface area (Å²) in [4.78, 5) is 0. The van der Waals surface area contributed by atoms with Crippen molar-refractivity contribution in [2.24, 2.45) is 11.7 Å². The van der Waals surface area contributed by atoms with Crippen LogP contribution in [0.4, 0.5) is 0 Å². The number of hydrogen-bond acceptors (Lipinski definition) is 3. The minimum atomic E-state index is -1.99. The van der Waals surface area contributed by atoms with Gasteiger partial charge in [0, 0.05) is 5.92 Å². The summed E-state index contributed by atoms with van der Waals surface area (Å²) in [5.74, 6) is -2.25. The minimum Gasteiger partial charge on any atom is -0.353 e. The Morgan fingerprint density at radius 1 is 1.62 bits per heavy atom. The van der Waals surface area contributed by atoms with Gasteiger partial charge in [0.05, 0.1) is 0 Å². The van der Waals surface area contributed by atoms with Crippen molar-refractivity contribution in [1.82, 2.24) is 0 Å². The van der Waals surface area contributed by atoms with E-state index >= 15 is 0 Å². The van der Waals surface area contributed by atoms with Gasteiger partial charge in [0.25, 0.3) is 0 Å². The summed E-state index contributed by atoms with van der Waals surface area (Å²) < 4.78 is 0. The zero-order valence-electron chi connectivity index (χ0n) is 5.26. The molecule has 0 saturated carbocycles. The van der Waals surface area contributed by atoms with Crippen LogP contribution in [0.2, 0.25) is 0 Å². The molecule has 1 atom stereocenters. The predicted molar refractivity (Wildman–Crippen MR) is 30.8 cm³/mol. The highest BCUT2D eigenvalue weighted by Crippen LogP contribution is 2.10. The monoisotopic (exact) mass is 119 g/mol. The summed E-state index contributed by atoms with van der Waals surface area (Å²) in [6.07, 6.45) is 0.670. The lowest BCUT2D eigenvalue weighted by molar-refractivity contribution is -0.191. The fourth-order valence-electron chi connectivity index (χ4n) is 0.300. The molecule has 3 nitrogen and oxygen atoms in total. The van der Waals surface area contributed by atoms with Crippen molar-refractivity contribution in [3.8, 4) is 0 Å². The van der Waals surface area contributed by atoms with E-state index in [1.807, 2.05) is 6.92 Å². The maximum atomic E-state index is 8.62. The van der Waals surface area contributed by atoms with Crippen molar-refractivity contribution in [3.63, 3.8) is 0 Å². The van der Waals surface area contributed by atoms with Crippen molar-refractivity contribution < 1.29 is 10.2 Å². The Balaban J connectivity index is 3.62. The fraction of sp³-hybridized carbons (Fsp3) is 1.00. The molecule has 0 bridgehead atoms. The van der Waals surface area contributed by atoms with Gasteiger partial charge in [-0.15, -0.1) is 0 Å². The van der Waals surface area contributed by atoms with Crippen molar-refractivity contribution in [1.29, 1.82) is 0 Å². The molecule has 0 aromatic heterocycles. The summed E-state index contributed by atoms with van der Waals surface area (Å²) >= 11 is 0. The SMILES string of the molecule is CCC(C)C(N)(O)O. The molecule has 0 spiro atoms. The van der Waals surface area contributed by atoms with Crippen LogP contribution >= 0.6 is 0 Å². The van der Waals surface area contributed by atoms with E-state index in [-0.39, 0.29) is 5.92 Å². The van der Waals surface area contributed by atoms with E-state index in [1.165, 1.54) is 0 Å². The first-order valence-corrected chi connectivity index (χ1v) is 2.72. The average molecular weight is 119 g/mol. The quantitative estimate of drug-likeness (QED) is 0.434. The summed E-state index contributed by atoms with van der Waals surface area (Å²) in [5, 5.41) is 17.2. The summed E-state index contributed by atoms with van der Waals surface area (Å²) in [6, 6.07) is 0. The molecule has 4 N–H and O–H groups in total. The molecule has 0 amide bonds. The second-order valence-electron chi connectivity index (χ2n) is 2.09. The highest BCUT2D eigenvalue weighted by Gasteiger charge is 2.23. The molecule has 8 heavy (non-hydrogen) atoms. The Labute approximate surface area is 49.1 Å². The van der Waals surface area contributed by atoms with Gasteiger partial charge < -0.3 is 10.2 Å². The second kappa shape index (κ2) is 2.44. The highest BCUT2D eigenvalue weighted by atomic mass is 16.5. The molecule has 0 saturated heterocycles. The van der Waals surface area contributed by atoms with Crippen LogP contribution in [-0.2, 0) is 0 Å². The van der Waals surface area contributed by atoms with Gasteiger partial charge in [-0.2, -0.15) is 0 Å². The smallest absolute Gasteiger partial charge is 0.222 e. The third-order valence-electron chi connectivity index (χ3n) is 1.34. The van der Waals surface area contributed by atoms with E-state index in [1.54, 1.807) is 6.92 Å². The van der Waals surface area contributed by atoms with E-state index in [4.69, 9.17) is 15.9 Å². The van der Waals surface area contributed by atoms with Gasteiger partial charge in [0.1, 0.15) is 0 Å². The number of rotatable bonds is 2. The minimum absolute atomic E-state index is 0.262. The van der Waals surface area contributed by atoms with Gasteiger partial charge in [-0.25, -0.2) is 0 Å². The van der Waals surface area contributed by atoms with Gasteiger partial charge in [0.2, 0.25) is 5.91 Å². The second-order valence-corrected chi connectivity index (χ2v) is 2.09. The lowest BCUT2D eigenvalue weighted by atomic mass is 10.1. The van der Waals surface area contributed by atoms with Gasteiger partial charge in [-0.1, -0.05) is 13.8 Å². The van der Waals surface area contributed by atoms with E-state index < -0.39 is 5.91 Å². The van der Waals surface area contributed by atoms with Gasteiger partial charge in [-0.05, 0) is 6.42 Å². The molecule has 0 aromatic carbocycles. The number of aliphatic hydroxyl groups is 2. The van der Waals surface area contributed by atoms with E-state index in [0.29, 0.717) is 6.42 Å². The molecule has 3 heteroatoms. The molecular weight excluding hydrogens is 106 g/mol. The highest BCUT2D eigenvalue weighted by molar-refractivity contribution is 4.61.